The van der Waals surface area contributed by atoms with Crippen LogP contribution in [0, 0.1) is 6.92 Å². The molecule has 1 aliphatic heterocycles. The van der Waals surface area contributed by atoms with Crippen molar-refractivity contribution in [3.63, 3.8) is 0 Å². The van der Waals surface area contributed by atoms with Crippen LogP contribution in [-0.2, 0) is 11.3 Å². The molecule has 1 fully saturated rings. The molecule has 0 aromatic carbocycles. The van der Waals surface area contributed by atoms with Gasteiger partial charge in [0, 0.05) is 24.8 Å². The number of rotatable bonds is 5. The Balaban J connectivity index is 2.14. The van der Waals surface area contributed by atoms with Crippen molar-refractivity contribution in [3.8, 4) is 0 Å². The maximum Gasteiger partial charge on any atom is 0.251 e. The Labute approximate surface area is 112 Å². The molecule has 106 valence electrons. The molecule has 0 radical (unpaired) electrons. The summed E-state index contributed by atoms with van der Waals surface area (Å²) in [6, 6.07) is 4.04. The lowest BCUT2D eigenvalue weighted by Crippen LogP contribution is -2.25. The van der Waals surface area contributed by atoms with Gasteiger partial charge >= 0.3 is 0 Å². The first-order valence-corrected chi connectivity index (χ1v) is 6.57. The maximum atomic E-state index is 12.4. The van der Waals surface area contributed by atoms with Gasteiger partial charge in [0.1, 0.15) is 0 Å². The molecule has 1 aliphatic rings. The minimum Gasteiger partial charge on any atom is -0.381 e. The van der Waals surface area contributed by atoms with Crippen molar-refractivity contribution < 1.29 is 13.5 Å². The number of pyridine rings is 1. The van der Waals surface area contributed by atoms with Crippen LogP contribution in [0.4, 0.5) is 8.78 Å². The second-order valence-corrected chi connectivity index (χ2v) is 5.14. The van der Waals surface area contributed by atoms with Gasteiger partial charge in [0.05, 0.1) is 18.8 Å². The van der Waals surface area contributed by atoms with E-state index in [0.717, 1.165) is 30.0 Å². The monoisotopic (exact) mass is 270 g/mol. The fourth-order valence-corrected chi connectivity index (χ4v) is 2.46. The predicted octanol–water partition coefficient (Wildman–Crippen LogP) is 2.59. The molecule has 1 aromatic rings. The molecule has 0 N–H and O–H groups in total. The molecular weight excluding hydrogens is 250 g/mol. The molecular formula is C14H20F2N2O. The van der Waals surface area contributed by atoms with Gasteiger partial charge in [-0.25, -0.2) is 8.78 Å². The second-order valence-electron chi connectivity index (χ2n) is 5.14. The largest absolute Gasteiger partial charge is 0.381 e. The van der Waals surface area contributed by atoms with Crippen LogP contribution in [-0.4, -0.2) is 43.1 Å². The lowest BCUT2D eigenvalue weighted by Gasteiger charge is -2.20. The number of ether oxygens (including phenoxy) is 1. The molecule has 0 bridgehead atoms. The quantitative estimate of drug-likeness (QED) is 0.822. The molecule has 19 heavy (non-hydrogen) atoms. The van der Waals surface area contributed by atoms with Crippen molar-refractivity contribution >= 4 is 0 Å². The van der Waals surface area contributed by atoms with Gasteiger partial charge in [-0.3, -0.25) is 9.88 Å². The van der Waals surface area contributed by atoms with Crippen LogP contribution in [0.5, 0.6) is 0 Å². The van der Waals surface area contributed by atoms with Crippen LogP contribution >= 0.6 is 0 Å². The third-order valence-electron chi connectivity index (χ3n) is 3.39. The van der Waals surface area contributed by atoms with E-state index in [1.54, 1.807) is 11.9 Å². The Morgan fingerprint density at radius 3 is 2.89 bits per heavy atom. The zero-order valence-corrected chi connectivity index (χ0v) is 11.4. The van der Waals surface area contributed by atoms with E-state index < -0.39 is 6.43 Å². The van der Waals surface area contributed by atoms with E-state index in [9.17, 15) is 8.78 Å². The van der Waals surface area contributed by atoms with Gasteiger partial charge in [0.2, 0.25) is 0 Å². The summed E-state index contributed by atoms with van der Waals surface area (Å²) in [5.41, 5.74) is 2.96. The van der Waals surface area contributed by atoms with Crippen LogP contribution in [0.2, 0.25) is 0 Å². The molecule has 0 amide bonds. The molecule has 0 aliphatic carbocycles. The van der Waals surface area contributed by atoms with Crippen LogP contribution in [0.25, 0.3) is 0 Å². The smallest absolute Gasteiger partial charge is 0.251 e. The average Bonchev–Trinajstić information content (AvgIpc) is 2.81. The molecule has 0 spiro atoms. The van der Waals surface area contributed by atoms with Gasteiger partial charge in [0.25, 0.3) is 6.43 Å². The summed E-state index contributed by atoms with van der Waals surface area (Å²) in [5.74, 6) is 0.350. The van der Waals surface area contributed by atoms with Gasteiger partial charge < -0.3 is 4.74 Å². The zero-order valence-electron chi connectivity index (χ0n) is 11.4. The molecule has 1 aromatic heterocycles. The first kappa shape index (κ1) is 14.3. The van der Waals surface area contributed by atoms with E-state index >= 15 is 0 Å². The first-order valence-electron chi connectivity index (χ1n) is 6.57. The summed E-state index contributed by atoms with van der Waals surface area (Å²) < 4.78 is 30.2. The number of aryl methyl sites for hydroxylation is 1. The fraction of sp³-hybridized carbons (Fsp3) is 0.643. The number of alkyl halides is 2. The summed E-state index contributed by atoms with van der Waals surface area (Å²) >= 11 is 0. The number of nitrogens with zero attached hydrogens (tertiary/aromatic N) is 2. The number of hydrogen-bond donors (Lipinski definition) is 0. The minimum absolute atomic E-state index is 0.226. The topological polar surface area (TPSA) is 25.4 Å². The van der Waals surface area contributed by atoms with Crippen LogP contribution in [0.3, 0.4) is 0 Å². The van der Waals surface area contributed by atoms with Gasteiger partial charge in [0.15, 0.2) is 0 Å². The first-order chi connectivity index (χ1) is 9.06. The Kier molecular flexibility index (Phi) is 4.82. The van der Waals surface area contributed by atoms with Crippen LogP contribution < -0.4 is 0 Å². The molecule has 5 heteroatoms. The summed E-state index contributed by atoms with van der Waals surface area (Å²) in [7, 11) is 1.70. The standard InChI is InChI=1S/C14H20F2N2O/c1-10-3-4-12(11-5-6-19-9-11)13(17-10)7-18(2)8-14(15)16/h3-4,11,14H,5-9H2,1-2H3. The van der Waals surface area contributed by atoms with Crippen molar-refractivity contribution in [1.82, 2.24) is 9.88 Å². The van der Waals surface area contributed by atoms with Crippen molar-refractivity contribution in [2.24, 2.45) is 0 Å². The lowest BCUT2D eigenvalue weighted by atomic mass is 9.96. The highest BCUT2D eigenvalue weighted by Crippen LogP contribution is 2.28. The molecule has 3 nitrogen and oxygen atoms in total. The fourth-order valence-electron chi connectivity index (χ4n) is 2.46. The third kappa shape index (κ3) is 3.94. The average molecular weight is 270 g/mol. The van der Waals surface area contributed by atoms with E-state index in [2.05, 4.69) is 11.1 Å². The third-order valence-corrected chi connectivity index (χ3v) is 3.39. The van der Waals surface area contributed by atoms with E-state index in [1.807, 2.05) is 13.0 Å². The molecule has 1 saturated heterocycles. The van der Waals surface area contributed by atoms with Gasteiger partial charge in [-0.2, -0.15) is 0 Å². The molecule has 1 atom stereocenters. The minimum atomic E-state index is -2.31. The summed E-state index contributed by atoms with van der Waals surface area (Å²) in [6.07, 6.45) is -1.33. The zero-order chi connectivity index (χ0) is 13.8. The molecule has 2 heterocycles. The Morgan fingerprint density at radius 2 is 2.26 bits per heavy atom. The number of halogens is 2. The van der Waals surface area contributed by atoms with Crippen LogP contribution in [0.15, 0.2) is 12.1 Å². The van der Waals surface area contributed by atoms with Crippen molar-refractivity contribution in [2.75, 3.05) is 26.8 Å². The van der Waals surface area contributed by atoms with E-state index in [0.29, 0.717) is 19.1 Å². The lowest BCUT2D eigenvalue weighted by molar-refractivity contribution is 0.0968. The van der Waals surface area contributed by atoms with Crippen molar-refractivity contribution in [3.05, 3.63) is 29.1 Å². The van der Waals surface area contributed by atoms with Crippen LogP contribution in [0.1, 0.15) is 29.3 Å². The number of hydrogen-bond acceptors (Lipinski definition) is 3. The second kappa shape index (κ2) is 6.39. The molecule has 1 unspecified atom stereocenters. The normalized spacial score (nSPS) is 19.6. The predicted molar refractivity (Wildman–Crippen MR) is 69.5 cm³/mol. The van der Waals surface area contributed by atoms with Crippen molar-refractivity contribution in [1.29, 1.82) is 0 Å². The highest BCUT2D eigenvalue weighted by molar-refractivity contribution is 5.27. The summed E-state index contributed by atoms with van der Waals surface area (Å²) in [4.78, 5) is 6.14. The van der Waals surface area contributed by atoms with E-state index in [4.69, 9.17) is 4.74 Å². The SMILES string of the molecule is Cc1ccc(C2CCOC2)c(CN(C)CC(F)F)n1. The Hall–Kier alpha value is -1.07. The van der Waals surface area contributed by atoms with Crippen molar-refractivity contribution in [2.45, 2.75) is 32.2 Å². The molecule has 2 rings (SSSR count). The van der Waals surface area contributed by atoms with Gasteiger partial charge in [-0.15, -0.1) is 0 Å². The Morgan fingerprint density at radius 1 is 1.47 bits per heavy atom. The van der Waals surface area contributed by atoms with E-state index in [1.165, 1.54) is 0 Å². The Bertz CT molecular complexity index is 420. The number of aromatic nitrogens is 1. The van der Waals surface area contributed by atoms with Gasteiger partial charge in [-0.05, 0) is 32.0 Å². The maximum absolute atomic E-state index is 12.4. The summed E-state index contributed by atoms with van der Waals surface area (Å²) in [5, 5.41) is 0. The van der Waals surface area contributed by atoms with Gasteiger partial charge in [-0.1, -0.05) is 6.07 Å². The highest BCUT2D eigenvalue weighted by atomic mass is 19.3. The molecule has 0 saturated carbocycles. The highest BCUT2D eigenvalue weighted by Gasteiger charge is 2.22. The van der Waals surface area contributed by atoms with E-state index in [-0.39, 0.29) is 6.54 Å². The summed E-state index contributed by atoms with van der Waals surface area (Å²) in [6.45, 7) is 3.63.